The Hall–Kier alpha value is -6.35. The van der Waals surface area contributed by atoms with Crippen molar-refractivity contribution < 1.29 is 37.9 Å². The molecule has 1 fully saturated rings. The van der Waals surface area contributed by atoms with E-state index in [1.165, 1.54) is 36.4 Å². The smallest absolute Gasteiger partial charge is 0.220 e. The van der Waals surface area contributed by atoms with Crippen molar-refractivity contribution in [1.29, 1.82) is 0 Å². The lowest BCUT2D eigenvalue weighted by Gasteiger charge is -2.26. The van der Waals surface area contributed by atoms with Crippen molar-refractivity contribution in [2.75, 3.05) is 18.6 Å². The molecule has 0 radical (unpaired) electrons. The minimum atomic E-state index is -0.299. The number of aromatic nitrogens is 4. The molecule has 1 saturated carbocycles. The number of Topliss-reactive ketones (excluding diaryl/α,β-unsaturated/α-hetero) is 3. The van der Waals surface area contributed by atoms with Crippen molar-refractivity contribution in [2.24, 2.45) is 5.16 Å². The summed E-state index contributed by atoms with van der Waals surface area (Å²) in [5.41, 5.74) is 19.3. The first-order valence-corrected chi connectivity index (χ1v) is 19.6. The van der Waals surface area contributed by atoms with Crippen LogP contribution in [0, 0.1) is 17.5 Å². The Balaban J connectivity index is 0.000000170. The summed E-state index contributed by atoms with van der Waals surface area (Å²) in [5.74, 6) is -0.347. The van der Waals surface area contributed by atoms with E-state index < -0.39 is 0 Å². The molecule has 3 aliphatic carbocycles. The second-order valence-electron chi connectivity index (χ2n) is 14.6. The van der Waals surface area contributed by atoms with Gasteiger partial charge in [0.1, 0.15) is 29.0 Å². The maximum atomic E-state index is 13.1. The lowest BCUT2D eigenvalue weighted by atomic mass is 9.80. The molecule has 0 bridgehead atoms. The zero-order chi connectivity index (χ0) is 43.5. The second-order valence-corrected chi connectivity index (χ2v) is 14.6. The Labute approximate surface area is 346 Å². The number of fused-ring (bicyclic) bond motifs is 2. The van der Waals surface area contributed by atoms with Gasteiger partial charge in [0, 0.05) is 38.4 Å². The van der Waals surface area contributed by atoms with Gasteiger partial charge in [0.25, 0.3) is 0 Å². The van der Waals surface area contributed by atoms with Crippen LogP contribution in [-0.2, 0) is 35.3 Å². The third-order valence-corrected chi connectivity index (χ3v) is 10.6. The number of hydrogen-bond acceptors (Lipinski definition) is 12. The van der Waals surface area contributed by atoms with Crippen LogP contribution in [-0.4, -0.2) is 60.4 Å². The number of nitrogens with two attached hydrogens (primary N) is 2. The molecule has 60 heavy (non-hydrogen) atoms. The monoisotopic (exact) mass is 823 g/mol. The summed E-state index contributed by atoms with van der Waals surface area (Å²) in [7, 11) is 1.00. The maximum Gasteiger partial charge on any atom is 0.220 e. The first-order chi connectivity index (χ1) is 28.8. The normalized spacial score (nSPS) is 17.9. The van der Waals surface area contributed by atoms with Gasteiger partial charge in [0.2, 0.25) is 11.9 Å². The maximum absolute atomic E-state index is 13.1. The van der Waals surface area contributed by atoms with E-state index in [0.717, 1.165) is 46.4 Å². The van der Waals surface area contributed by atoms with E-state index in [1.807, 2.05) is 13.8 Å². The van der Waals surface area contributed by atoms with E-state index in [2.05, 4.69) is 25.1 Å². The zero-order valence-electron chi connectivity index (χ0n) is 33.7. The van der Waals surface area contributed by atoms with E-state index in [1.54, 1.807) is 36.4 Å². The molecule has 2 heterocycles. The summed E-state index contributed by atoms with van der Waals surface area (Å²) in [4.78, 5) is 51.8. The summed E-state index contributed by atoms with van der Waals surface area (Å²) in [5, 5.41) is 19.8. The first kappa shape index (κ1) is 44.7. The van der Waals surface area contributed by atoms with Crippen LogP contribution in [0.4, 0.5) is 25.1 Å². The van der Waals surface area contributed by atoms with Crippen molar-refractivity contribution >= 4 is 35.0 Å². The molecule has 0 aliphatic heterocycles. The number of aryl methyl sites for hydroxylation is 2. The van der Waals surface area contributed by atoms with Crippen LogP contribution in [0.3, 0.4) is 0 Å². The number of anilines is 2. The zero-order valence-corrected chi connectivity index (χ0v) is 33.7. The number of nitrogen functional groups attached to an aromatic ring is 2. The van der Waals surface area contributed by atoms with E-state index >= 15 is 0 Å². The molecule has 2 atom stereocenters. The van der Waals surface area contributed by atoms with Crippen LogP contribution in [0.15, 0.2) is 78.0 Å². The highest BCUT2D eigenvalue weighted by atomic mass is 19.1. The number of oxime groups is 1. The van der Waals surface area contributed by atoms with Crippen LogP contribution in [0.5, 0.6) is 0 Å². The fourth-order valence-electron chi connectivity index (χ4n) is 7.88. The molecule has 3 aromatic carbocycles. The van der Waals surface area contributed by atoms with E-state index in [0.29, 0.717) is 68.3 Å². The quantitative estimate of drug-likeness (QED) is 0.0793. The highest BCUT2D eigenvalue weighted by molar-refractivity contribution is 6.04. The molecule has 3 aliphatic rings. The van der Waals surface area contributed by atoms with Crippen molar-refractivity contribution in [3.63, 3.8) is 0 Å². The molecule has 12 nitrogen and oxygen atoms in total. The van der Waals surface area contributed by atoms with Gasteiger partial charge in [0.05, 0.1) is 40.5 Å². The molecular formula is C45H48F3N7O5. The van der Waals surface area contributed by atoms with Gasteiger partial charge in [-0.25, -0.2) is 33.1 Å². The number of ketones is 3. The van der Waals surface area contributed by atoms with Crippen LogP contribution in [0.2, 0.25) is 0 Å². The predicted molar refractivity (Wildman–Crippen MR) is 220 cm³/mol. The lowest BCUT2D eigenvalue weighted by molar-refractivity contribution is -0.130. The number of benzene rings is 3. The molecule has 0 spiro atoms. The SMILES string of the molecule is CCc1nc(N)nc2c1/C(=N/O)CC(c1ccc(F)cc1)C2.CCc1nc(N)nc2c1C(=O)CC(c1ccc(F)cc1)C2.CO.O=C1CC(=O)CC(c2ccc(F)cc2)C1. The number of hydrogen-bond donors (Lipinski definition) is 4. The van der Waals surface area contributed by atoms with Crippen LogP contribution >= 0.6 is 0 Å². The molecule has 0 amide bonds. The predicted octanol–water partition coefficient (Wildman–Crippen LogP) is 7.18. The van der Waals surface area contributed by atoms with Gasteiger partial charge in [-0.15, -0.1) is 0 Å². The molecule has 6 N–H and O–H groups in total. The fraction of sp³-hybridized carbons (Fsp3) is 0.333. The number of nitrogens with zero attached hydrogens (tertiary/aromatic N) is 5. The number of aliphatic hydroxyl groups is 1. The van der Waals surface area contributed by atoms with Gasteiger partial charge in [-0.1, -0.05) is 55.4 Å². The van der Waals surface area contributed by atoms with E-state index in [4.69, 9.17) is 16.6 Å². The number of rotatable bonds is 5. The van der Waals surface area contributed by atoms with Crippen molar-refractivity contribution in [3.05, 3.63) is 141 Å². The summed E-state index contributed by atoms with van der Waals surface area (Å²) >= 11 is 0. The molecule has 15 heteroatoms. The van der Waals surface area contributed by atoms with Crippen molar-refractivity contribution in [3.8, 4) is 0 Å². The molecule has 5 aromatic rings. The van der Waals surface area contributed by atoms with Gasteiger partial charge >= 0.3 is 0 Å². The first-order valence-electron chi connectivity index (χ1n) is 19.6. The molecule has 314 valence electrons. The Kier molecular flexibility index (Phi) is 15.3. The van der Waals surface area contributed by atoms with E-state index in [9.17, 15) is 32.8 Å². The van der Waals surface area contributed by atoms with Crippen LogP contribution < -0.4 is 11.5 Å². The molecule has 2 unspecified atom stereocenters. The molecule has 8 rings (SSSR count). The van der Waals surface area contributed by atoms with Crippen molar-refractivity contribution in [2.45, 2.75) is 89.4 Å². The summed E-state index contributed by atoms with van der Waals surface area (Å²) in [6.07, 6.45) is 4.48. The van der Waals surface area contributed by atoms with Gasteiger partial charge in [-0.2, -0.15) is 0 Å². The topological polar surface area (TPSA) is 208 Å². The summed E-state index contributed by atoms with van der Waals surface area (Å²) < 4.78 is 38.8. The number of carbonyl (C=O) groups excluding carboxylic acids is 3. The highest BCUT2D eigenvalue weighted by Crippen LogP contribution is 2.35. The third kappa shape index (κ3) is 11.0. The molecule has 2 aromatic heterocycles. The third-order valence-electron chi connectivity index (χ3n) is 10.6. The Morgan fingerprint density at radius 2 is 0.933 bits per heavy atom. The Bertz CT molecular complexity index is 2320. The van der Waals surface area contributed by atoms with Crippen LogP contribution in [0.25, 0.3) is 0 Å². The molecule has 0 saturated heterocycles. The van der Waals surface area contributed by atoms with Crippen LogP contribution in [0.1, 0.15) is 119 Å². The van der Waals surface area contributed by atoms with Gasteiger partial charge in [0.15, 0.2) is 5.78 Å². The largest absolute Gasteiger partial charge is 0.411 e. The van der Waals surface area contributed by atoms with Crippen molar-refractivity contribution in [1.82, 2.24) is 19.9 Å². The highest BCUT2D eigenvalue weighted by Gasteiger charge is 2.31. The van der Waals surface area contributed by atoms with Gasteiger partial charge < -0.3 is 21.8 Å². The van der Waals surface area contributed by atoms with Gasteiger partial charge in [-0.3, -0.25) is 14.4 Å². The average molecular weight is 824 g/mol. The molecular weight excluding hydrogens is 776 g/mol. The second kappa shape index (κ2) is 20.6. The standard InChI is InChI=1S/C16H17FN4O.C16H16FN3O.C12H11FO2.CH4O/c1-2-12-15-13(20-16(18)19-12)7-10(8-14(15)21-22)9-3-5-11(17)6-4-9;1-2-12-15-13(20-16(18)19-12)7-10(8-14(15)21)9-3-5-11(17)6-4-9;13-10-3-1-8(2-4-10)9-5-11(14)7-12(15)6-9;1-2/h3-6,10,22H,2,7-8H2,1H3,(H2,18,19,20);3-6,10H,2,7-8H2,1H3,(H2,18,19,20);1-4,9H,5-7H2;2H,1H3/b21-14+;;;. The number of halogens is 3. The minimum Gasteiger partial charge on any atom is -0.411 e. The Morgan fingerprint density at radius 3 is 1.33 bits per heavy atom. The average Bonchev–Trinajstić information content (AvgIpc) is 3.24. The summed E-state index contributed by atoms with van der Waals surface area (Å²) in [6, 6.07) is 18.7. The lowest BCUT2D eigenvalue weighted by Crippen LogP contribution is -2.24. The minimum absolute atomic E-state index is 0.0134. The Morgan fingerprint density at radius 1 is 0.567 bits per heavy atom. The van der Waals surface area contributed by atoms with E-state index in [-0.39, 0.29) is 70.9 Å². The number of aliphatic hydroxyl groups excluding tert-OH is 1. The summed E-state index contributed by atoms with van der Waals surface area (Å²) in [6.45, 7) is 3.92. The fourth-order valence-corrected chi connectivity index (χ4v) is 7.88. The van der Waals surface area contributed by atoms with Gasteiger partial charge in [-0.05, 0) is 96.5 Å². The number of carbonyl (C=O) groups is 3.